The number of ketones is 1. The third-order valence-corrected chi connectivity index (χ3v) is 6.00. The van der Waals surface area contributed by atoms with Crippen molar-refractivity contribution < 1.29 is 18.9 Å². The Morgan fingerprint density at radius 2 is 1.72 bits per heavy atom. The van der Waals surface area contributed by atoms with Crippen molar-refractivity contribution in [3.8, 4) is 0 Å². The van der Waals surface area contributed by atoms with Crippen molar-refractivity contribution in [1.29, 1.82) is 0 Å². The van der Waals surface area contributed by atoms with Crippen molar-refractivity contribution in [1.82, 2.24) is 14.8 Å². The molecule has 1 fully saturated rings. The Bertz CT molecular complexity index is 527. The summed E-state index contributed by atoms with van der Waals surface area (Å²) in [5.74, 6) is 0.340. The van der Waals surface area contributed by atoms with Crippen LogP contribution in [0.3, 0.4) is 0 Å². The quantitative estimate of drug-likeness (QED) is 0.313. The molecule has 7 heteroatoms. The van der Waals surface area contributed by atoms with Crippen LogP contribution in [0.1, 0.15) is 60.8 Å². The van der Waals surface area contributed by atoms with Crippen molar-refractivity contribution in [2.75, 3.05) is 60.0 Å². The lowest BCUT2D eigenvalue weighted by Crippen LogP contribution is -2.61. The van der Waals surface area contributed by atoms with Gasteiger partial charge in [-0.2, -0.15) is 0 Å². The van der Waals surface area contributed by atoms with E-state index >= 15 is 0 Å². The van der Waals surface area contributed by atoms with Gasteiger partial charge >= 0.3 is 6.09 Å². The van der Waals surface area contributed by atoms with Crippen molar-refractivity contribution in [2.45, 2.75) is 66.4 Å². The van der Waals surface area contributed by atoms with Gasteiger partial charge in [0.15, 0.2) is 12.3 Å². The zero-order chi connectivity index (χ0) is 22.2. The van der Waals surface area contributed by atoms with Crippen LogP contribution in [0.15, 0.2) is 0 Å². The van der Waals surface area contributed by atoms with Crippen LogP contribution >= 0.6 is 0 Å². The molecule has 0 aliphatic carbocycles. The summed E-state index contributed by atoms with van der Waals surface area (Å²) >= 11 is 0. The topological polar surface area (TPSA) is 53.1 Å². The lowest BCUT2D eigenvalue weighted by atomic mass is 9.92. The highest BCUT2D eigenvalue weighted by molar-refractivity contribution is 5.82. The first-order valence-electron chi connectivity index (χ1n) is 11.2. The second kappa shape index (κ2) is 11.3. The number of likely N-dealkylation sites (tertiary alicyclic amines) is 1. The summed E-state index contributed by atoms with van der Waals surface area (Å²) in [6.07, 6.45) is 2.31. The van der Waals surface area contributed by atoms with E-state index in [2.05, 4.69) is 44.8 Å². The molecule has 1 aliphatic heterocycles. The Labute approximate surface area is 178 Å². The first-order chi connectivity index (χ1) is 13.5. The van der Waals surface area contributed by atoms with Gasteiger partial charge in [-0.05, 0) is 60.0 Å². The van der Waals surface area contributed by atoms with E-state index < -0.39 is 5.60 Å². The van der Waals surface area contributed by atoms with Crippen molar-refractivity contribution in [3.05, 3.63) is 0 Å². The fraction of sp³-hybridized carbons (Fsp3) is 0.909. The van der Waals surface area contributed by atoms with Crippen molar-refractivity contribution in [2.24, 2.45) is 5.92 Å². The summed E-state index contributed by atoms with van der Waals surface area (Å²) < 4.78 is 6.07. The van der Waals surface area contributed by atoms with Crippen molar-refractivity contribution in [3.63, 3.8) is 0 Å². The second-order valence-corrected chi connectivity index (χ2v) is 9.53. The summed E-state index contributed by atoms with van der Waals surface area (Å²) in [5, 5.41) is 2.28. The van der Waals surface area contributed by atoms with E-state index in [9.17, 15) is 9.59 Å². The number of hydrogen-bond acceptors (Lipinski definition) is 5. The minimum Gasteiger partial charge on any atom is -0.444 e. The third kappa shape index (κ3) is 8.22. The average molecular weight is 414 g/mol. The van der Waals surface area contributed by atoms with Crippen LogP contribution in [0.5, 0.6) is 0 Å². The maximum atomic E-state index is 13.1. The van der Waals surface area contributed by atoms with Crippen LogP contribution < -0.4 is 0 Å². The van der Waals surface area contributed by atoms with Gasteiger partial charge in [-0.15, -0.1) is 5.01 Å². The highest BCUT2D eigenvalue weighted by Gasteiger charge is 2.35. The molecule has 1 heterocycles. The fourth-order valence-corrected chi connectivity index (χ4v) is 3.74. The first-order valence-corrected chi connectivity index (χ1v) is 11.2. The Morgan fingerprint density at radius 3 is 2.17 bits per heavy atom. The lowest BCUT2D eigenvalue weighted by molar-refractivity contribution is -1.01. The minimum atomic E-state index is -0.487. The third-order valence-electron chi connectivity index (χ3n) is 6.00. The molecule has 1 atom stereocenters. The first kappa shape index (κ1) is 25.9. The summed E-state index contributed by atoms with van der Waals surface area (Å²) in [6.45, 7) is 17.7. The number of carbonyl (C=O) groups excluding carboxylic acids is 2. The molecule has 1 unspecified atom stereocenters. The molecule has 0 radical (unpaired) electrons. The normalized spacial score (nSPS) is 18.2. The summed E-state index contributed by atoms with van der Waals surface area (Å²) in [6, 6.07) is 0. The number of carbonyl (C=O) groups is 2. The average Bonchev–Trinajstić information content (AvgIpc) is 2.66. The van der Waals surface area contributed by atoms with Crippen LogP contribution in [-0.4, -0.2) is 96.9 Å². The highest BCUT2D eigenvalue weighted by atomic mass is 16.6. The van der Waals surface area contributed by atoms with E-state index in [4.69, 9.17) is 4.74 Å². The van der Waals surface area contributed by atoms with Gasteiger partial charge in [0.25, 0.3) is 0 Å². The van der Waals surface area contributed by atoms with E-state index in [1.54, 1.807) is 4.90 Å². The van der Waals surface area contributed by atoms with Gasteiger partial charge in [0.05, 0.1) is 20.3 Å². The van der Waals surface area contributed by atoms with E-state index in [1.807, 2.05) is 20.8 Å². The molecule has 170 valence electrons. The van der Waals surface area contributed by atoms with Crippen molar-refractivity contribution >= 4 is 11.9 Å². The fourth-order valence-electron chi connectivity index (χ4n) is 3.74. The smallest absolute Gasteiger partial charge is 0.410 e. The molecule has 0 aromatic carbocycles. The molecule has 0 spiro atoms. The van der Waals surface area contributed by atoms with Gasteiger partial charge in [-0.25, -0.2) is 9.39 Å². The van der Waals surface area contributed by atoms with E-state index in [-0.39, 0.29) is 12.0 Å². The maximum Gasteiger partial charge on any atom is 0.410 e. The number of rotatable bonds is 10. The molecule has 0 aromatic heterocycles. The Balaban J connectivity index is 2.62. The lowest BCUT2D eigenvalue weighted by Gasteiger charge is -2.42. The number of hydrogen-bond donors (Lipinski definition) is 0. The number of ether oxygens (including phenoxy) is 1. The van der Waals surface area contributed by atoms with Gasteiger partial charge in [0, 0.05) is 26.1 Å². The largest absolute Gasteiger partial charge is 0.444 e. The summed E-state index contributed by atoms with van der Waals surface area (Å²) in [4.78, 5) is 29.5. The predicted molar refractivity (Wildman–Crippen MR) is 117 cm³/mol. The van der Waals surface area contributed by atoms with E-state index in [0.717, 1.165) is 45.6 Å². The molecular weight excluding hydrogens is 368 g/mol. The molecule has 1 rings (SSSR count). The molecule has 0 saturated carbocycles. The van der Waals surface area contributed by atoms with Gasteiger partial charge in [0.2, 0.25) is 0 Å². The van der Waals surface area contributed by atoms with Gasteiger partial charge in [-0.1, -0.05) is 13.8 Å². The number of quaternary nitrogens is 1. The predicted octanol–water partition coefficient (Wildman–Crippen LogP) is 3.21. The zero-order valence-corrected chi connectivity index (χ0v) is 20.2. The number of piperidine rings is 1. The summed E-state index contributed by atoms with van der Waals surface area (Å²) in [7, 11) is 4.26. The second-order valence-electron chi connectivity index (χ2n) is 9.53. The van der Waals surface area contributed by atoms with Crippen LogP contribution in [0.25, 0.3) is 0 Å². The molecule has 1 amide bonds. The molecule has 0 bridgehead atoms. The molecule has 0 aromatic rings. The van der Waals surface area contributed by atoms with Gasteiger partial charge < -0.3 is 9.64 Å². The van der Waals surface area contributed by atoms with Gasteiger partial charge in [-0.3, -0.25) is 9.69 Å². The molecule has 7 nitrogen and oxygen atoms in total. The van der Waals surface area contributed by atoms with E-state index in [1.165, 1.54) is 0 Å². The van der Waals surface area contributed by atoms with Crippen LogP contribution in [0.4, 0.5) is 4.79 Å². The number of Topliss-reactive ketones (excluding diaryl/α,β-unsaturated/α-hetero) is 1. The molecule has 1 saturated heterocycles. The Kier molecular flexibility index (Phi) is 10.1. The zero-order valence-electron chi connectivity index (χ0n) is 20.2. The maximum absolute atomic E-state index is 13.1. The number of likely N-dealkylation sites (N-methyl/N-ethyl adjacent to an activating group) is 1. The van der Waals surface area contributed by atoms with Crippen LogP contribution in [0.2, 0.25) is 0 Å². The molecular formula is C22H45N4O3+. The van der Waals surface area contributed by atoms with Crippen LogP contribution in [-0.2, 0) is 9.53 Å². The minimum absolute atomic E-state index is 0.0315. The van der Waals surface area contributed by atoms with E-state index in [0.29, 0.717) is 30.0 Å². The number of nitrogens with zero attached hydrogens (tertiary/aromatic N) is 4. The molecule has 1 aliphatic rings. The SMILES string of the molecule is CCCN(CC)CN(C)[N+](C)(CC)CC(=O)C1CCN(C(=O)OC(C)(C)C)CC1. The highest BCUT2D eigenvalue weighted by Crippen LogP contribution is 2.22. The summed E-state index contributed by atoms with van der Waals surface area (Å²) in [5.41, 5.74) is -0.487. The van der Waals surface area contributed by atoms with Gasteiger partial charge in [0.1, 0.15) is 5.60 Å². The van der Waals surface area contributed by atoms with Crippen LogP contribution in [0, 0.1) is 5.92 Å². The molecule has 0 N–H and O–H groups in total. The standard InChI is InChI=1S/C22H45N4O3/c1-9-14-24(10-2)18-23(7)26(8,11-3)17-20(27)19-12-15-25(16-13-19)21(28)29-22(4,5)6/h19H,9-18H2,1-8H3/q+1. The number of amides is 1. The Morgan fingerprint density at radius 1 is 1.14 bits per heavy atom. The Hall–Kier alpha value is -1.18. The molecule has 29 heavy (non-hydrogen) atoms. The monoisotopic (exact) mass is 413 g/mol.